The predicted octanol–water partition coefficient (Wildman–Crippen LogP) is 3.64. The van der Waals surface area contributed by atoms with Gasteiger partial charge in [-0.15, -0.1) is 0 Å². The normalized spacial score (nSPS) is 21.4. The molecule has 3 amide bonds. The zero-order chi connectivity index (χ0) is 20.5. The Balaban J connectivity index is 1.51. The Bertz CT molecular complexity index is 944. The molecule has 4 rings (SSSR count). The van der Waals surface area contributed by atoms with Crippen molar-refractivity contribution in [3.05, 3.63) is 70.8 Å². The third-order valence-electron chi connectivity index (χ3n) is 5.84. The number of fused-ring (bicyclic) bond motifs is 1. The van der Waals surface area contributed by atoms with E-state index >= 15 is 0 Å². The summed E-state index contributed by atoms with van der Waals surface area (Å²) in [6.45, 7) is 6.12. The van der Waals surface area contributed by atoms with Gasteiger partial charge >= 0.3 is 0 Å². The van der Waals surface area contributed by atoms with Crippen molar-refractivity contribution < 1.29 is 14.4 Å². The fraction of sp³-hybridized carbons (Fsp3) is 0.375. The lowest BCUT2D eigenvalue weighted by Crippen LogP contribution is -2.42. The Kier molecular flexibility index (Phi) is 5.22. The molecule has 0 radical (unpaired) electrons. The second-order valence-corrected chi connectivity index (χ2v) is 8.41. The fourth-order valence-electron chi connectivity index (χ4n) is 4.52. The van der Waals surface area contributed by atoms with E-state index in [0.29, 0.717) is 41.5 Å². The monoisotopic (exact) mass is 390 g/mol. The van der Waals surface area contributed by atoms with Crippen LogP contribution in [0.25, 0.3) is 0 Å². The zero-order valence-electron chi connectivity index (χ0n) is 16.9. The van der Waals surface area contributed by atoms with Crippen LogP contribution in [0.2, 0.25) is 0 Å². The number of carbonyl (C=O) groups excluding carboxylic acids is 3. The van der Waals surface area contributed by atoms with E-state index in [-0.39, 0.29) is 17.7 Å². The minimum Gasteiger partial charge on any atom is -0.338 e. The Morgan fingerprint density at radius 3 is 2.28 bits per heavy atom. The summed E-state index contributed by atoms with van der Waals surface area (Å²) in [6, 6.07) is 14.7. The van der Waals surface area contributed by atoms with Gasteiger partial charge in [0.15, 0.2) is 0 Å². The number of piperidine rings is 1. The van der Waals surface area contributed by atoms with Crippen LogP contribution in [0, 0.1) is 11.8 Å². The molecule has 0 spiro atoms. The van der Waals surface area contributed by atoms with Gasteiger partial charge in [-0.1, -0.05) is 44.2 Å². The van der Waals surface area contributed by atoms with Gasteiger partial charge in [0.05, 0.1) is 11.1 Å². The highest BCUT2D eigenvalue weighted by Gasteiger charge is 2.36. The number of carbonyl (C=O) groups is 3. The third-order valence-corrected chi connectivity index (χ3v) is 5.84. The third kappa shape index (κ3) is 3.82. The van der Waals surface area contributed by atoms with Gasteiger partial charge in [-0.05, 0) is 48.4 Å². The maximum Gasteiger partial charge on any atom is 0.261 e. The molecule has 2 atom stereocenters. The van der Waals surface area contributed by atoms with Crippen molar-refractivity contribution in [2.75, 3.05) is 19.6 Å². The molecule has 5 nitrogen and oxygen atoms in total. The molecular weight excluding hydrogens is 364 g/mol. The molecule has 2 aromatic carbocycles. The average Bonchev–Trinajstić information content (AvgIpc) is 2.95. The van der Waals surface area contributed by atoms with E-state index in [1.54, 1.807) is 18.2 Å². The molecular formula is C24H26N2O3. The average molecular weight is 390 g/mol. The van der Waals surface area contributed by atoms with Crippen molar-refractivity contribution in [2.24, 2.45) is 11.8 Å². The van der Waals surface area contributed by atoms with Crippen LogP contribution in [0.15, 0.2) is 48.5 Å². The summed E-state index contributed by atoms with van der Waals surface area (Å²) >= 11 is 0. The molecule has 2 aliphatic rings. The van der Waals surface area contributed by atoms with E-state index in [9.17, 15) is 14.4 Å². The second kappa shape index (κ2) is 7.82. The lowest BCUT2D eigenvalue weighted by Gasteiger charge is -2.35. The van der Waals surface area contributed by atoms with E-state index in [1.165, 1.54) is 4.90 Å². The van der Waals surface area contributed by atoms with E-state index in [4.69, 9.17) is 0 Å². The van der Waals surface area contributed by atoms with Gasteiger partial charge in [-0.3, -0.25) is 19.3 Å². The highest BCUT2D eigenvalue weighted by Crippen LogP contribution is 2.27. The Morgan fingerprint density at radius 2 is 1.59 bits per heavy atom. The quantitative estimate of drug-likeness (QED) is 0.749. The SMILES string of the molecule is CC1CC(C)CN(C(=O)c2ccc3c(c2)C(=O)N(CCc2ccccc2)C3=O)C1. The fourth-order valence-corrected chi connectivity index (χ4v) is 4.52. The molecule has 2 aliphatic heterocycles. The van der Waals surface area contributed by atoms with E-state index in [2.05, 4.69) is 13.8 Å². The minimum absolute atomic E-state index is 0.0609. The van der Waals surface area contributed by atoms with E-state index in [1.807, 2.05) is 35.2 Å². The first-order chi connectivity index (χ1) is 13.9. The van der Waals surface area contributed by atoms with Crippen LogP contribution in [0.4, 0.5) is 0 Å². The largest absolute Gasteiger partial charge is 0.338 e. The molecule has 0 aliphatic carbocycles. The van der Waals surface area contributed by atoms with Crippen LogP contribution in [-0.4, -0.2) is 47.2 Å². The first-order valence-corrected chi connectivity index (χ1v) is 10.3. The summed E-state index contributed by atoms with van der Waals surface area (Å²) < 4.78 is 0. The van der Waals surface area contributed by atoms with Crippen LogP contribution >= 0.6 is 0 Å². The van der Waals surface area contributed by atoms with Crippen molar-refractivity contribution in [2.45, 2.75) is 26.7 Å². The second-order valence-electron chi connectivity index (χ2n) is 8.41. The molecule has 1 saturated heterocycles. The number of imide groups is 1. The predicted molar refractivity (Wildman–Crippen MR) is 111 cm³/mol. The summed E-state index contributed by atoms with van der Waals surface area (Å²) in [7, 11) is 0. The lowest BCUT2D eigenvalue weighted by molar-refractivity contribution is 0.0622. The van der Waals surface area contributed by atoms with E-state index < -0.39 is 0 Å². The molecule has 0 bridgehead atoms. The van der Waals surface area contributed by atoms with Gasteiger partial charge in [0.25, 0.3) is 17.7 Å². The number of nitrogens with zero attached hydrogens (tertiary/aromatic N) is 2. The number of benzene rings is 2. The number of amides is 3. The maximum atomic E-state index is 13.0. The Hall–Kier alpha value is -2.95. The highest BCUT2D eigenvalue weighted by atomic mass is 16.2. The van der Waals surface area contributed by atoms with Crippen molar-refractivity contribution in [1.29, 1.82) is 0 Å². The first kappa shape index (κ1) is 19.4. The minimum atomic E-state index is -0.309. The van der Waals surface area contributed by atoms with Crippen LogP contribution < -0.4 is 0 Å². The van der Waals surface area contributed by atoms with E-state index in [0.717, 1.165) is 25.1 Å². The molecule has 29 heavy (non-hydrogen) atoms. The van der Waals surface area contributed by atoms with Gasteiger partial charge in [0.2, 0.25) is 0 Å². The van der Waals surface area contributed by atoms with Crippen LogP contribution in [0.1, 0.15) is 56.9 Å². The van der Waals surface area contributed by atoms with Gasteiger partial charge < -0.3 is 4.90 Å². The van der Waals surface area contributed by atoms with Crippen LogP contribution in [0.5, 0.6) is 0 Å². The molecule has 2 unspecified atom stereocenters. The first-order valence-electron chi connectivity index (χ1n) is 10.3. The number of hydrogen-bond acceptors (Lipinski definition) is 3. The number of likely N-dealkylation sites (tertiary alicyclic amines) is 1. The summed E-state index contributed by atoms with van der Waals surface area (Å²) in [5, 5.41) is 0. The van der Waals surface area contributed by atoms with Crippen molar-refractivity contribution >= 4 is 17.7 Å². The molecule has 0 N–H and O–H groups in total. The van der Waals surface area contributed by atoms with Crippen molar-refractivity contribution in [3.8, 4) is 0 Å². The summed E-state index contributed by atoms with van der Waals surface area (Å²) in [4.78, 5) is 41.7. The maximum absolute atomic E-state index is 13.0. The topological polar surface area (TPSA) is 57.7 Å². The van der Waals surface area contributed by atoms with Gasteiger partial charge in [-0.2, -0.15) is 0 Å². The van der Waals surface area contributed by atoms with Crippen LogP contribution in [0.3, 0.4) is 0 Å². The Morgan fingerprint density at radius 1 is 0.931 bits per heavy atom. The van der Waals surface area contributed by atoms with Gasteiger partial charge in [0, 0.05) is 25.2 Å². The molecule has 2 heterocycles. The molecule has 150 valence electrons. The molecule has 0 saturated carbocycles. The number of rotatable bonds is 4. The van der Waals surface area contributed by atoms with Crippen molar-refractivity contribution in [3.63, 3.8) is 0 Å². The van der Waals surface area contributed by atoms with Crippen LogP contribution in [-0.2, 0) is 6.42 Å². The number of hydrogen-bond donors (Lipinski definition) is 0. The highest BCUT2D eigenvalue weighted by molar-refractivity contribution is 6.22. The summed E-state index contributed by atoms with van der Waals surface area (Å²) in [5.41, 5.74) is 2.29. The van der Waals surface area contributed by atoms with Gasteiger partial charge in [-0.25, -0.2) is 0 Å². The van der Waals surface area contributed by atoms with Crippen molar-refractivity contribution in [1.82, 2.24) is 9.80 Å². The van der Waals surface area contributed by atoms with Gasteiger partial charge in [0.1, 0.15) is 0 Å². The zero-order valence-corrected chi connectivity index (χ0v) is 16.9. The molecule has 2 aromatic rings. The standard InChI is InChI=1S/C24H26N2O3/c1-16-12-17(2)15-25(14-16)22(27)19-8-9-20-21(13-19)24(29)26(23(20)28)11-10-18-6-4-3-5-7-18/h3-9,13,16-17H,10-12,14-15H2,1-2H3. The summed E-state index contributed by atoms with van der Waals surface area (Å²) in [6.07, 6.45) is 1.74. The lowest BCUT2D eigenvalue weighted by atomic mass is 9.91. The molecule has 1 fully saturated rings. The summed E-state index contributed by atoms with van der Waals surface area (Å²) in [5.74, 6) is 0.285. The molecule has 5 heteroatoms. The molecule has 0 aromatic heterocycles. The Labute approximate surface area is 171 Å². The smallest absolute Gasteiger partial charge is 0.261 e.